The Bertz CT molecular complexity index is 28.0. The van der Waals surface area contributed by atoms with Gasteiger partial charge in [0.25, 0.3) is 0 Å². The van der Waals surface area contributed by atoms with Crippen molar-refractivity contribution in [1.29, 1.82) is 0 Å². The highest BCUT2D eigenvalue weighted by molar-refractivity contribution is 6.21. The first-order chi connectivity index (χ1) is 2.81. The van der Waals surface area contributed by atoms with E-state index in [2.05, 4.69) is 0 Å². The van der Waals surface area contributed by atoms with Gasteiger partial charge >= 0.3 is 0 Å². The van der Waals surface area contributed by atoms with Gasteiger partial charge in [-0.1, -0.05) is 0 Å². The van der Waals surface area contributed by atoms with E-state index in [9.17, 15) is 4.39 Å². The van der Waals surface area contributed by atoms with Crippen molar-refractivity contribution in [2.24, 2.45) is 0 Å². The molecule has 0 rings (SSSR count). The lowest BCUT2D eigenvalue weighted by Gasteiger charge is -1.90. The smallest absolute Gasteiger partial charge is 0.127 e. The molecule has 0 unspecified atom stereocenters. The van der Waals surface area contributed by atoms with E-state index < -0.39 is 6.17 Å². The molecule has 0 N–H and O–H groups in total. The van der Waals surface area contributed by atoms with E-state index in [0.29, 0.717) is 0 Å². The third-order valence-electron chi connectivity index (χ3n) is 0.335. The summed E-state index contributed by atoms with van der Waals surface area (Å²) in [6, 6.07) is 0. The van der Waals surface area contributed by atoms with Gasteiger partial charge in [-0.2, -0.15) is 0 Å². The fourth-order valence-corrected chi connectivity index (χ4v) is 0.371. The van der Waals surface area contributed by atoms with Gasteiger partial charge in [0.05, 0.1) is 11.8 Å². The summed E-state index contributed by atoms with van der Waals surface area (Å²) in [5.74, 6) is 0.00694. The van der Waals surface area contributed by atoms with Gasteiger partial charge in [-0.3, -0.25) is 0 Å². The molecule has 3 heteroatoms. The Balaban J connectivity index is 2.75. The van der Waals surface area contributed by atoms with Gasteiger partial charge < -0.3 is 0 Å². The largest absolute Gasteiger partial charge is 0.245 e. The summed E-state index contributed by atoms with van der Waals surface area (Å²) in [4.78, 5) is 0. The van der Waals surface area contributed by atoms with E-state index in [0.717, 1.165) is 0 Å². The van der Waals surface area contributed by atoms with Gasteiger partial charge in [-0.25, -0.2) is 4.39 Å². The highest BCUT2D eigenvalue weighted by Gasteiger charge is 1.97. The van der Waals surface area contributed by atoms with Crippen molar-refractivity contribution in [2.45, 2.75) is 6.17 Å². The summed E-state index contributed by atoms with van der Waals surface area (Å²) in [6.45, 7) is 0. The Labute approximate surface area is 46.2 Å². The Hall–Kier alpha value is 0.510. The first-order valence-electron chi connectivity index (χ1n) is 1.57. The van der Waals surface area contributed by atoms with Gasteiger partial charge in [0.15, 0.2) is 0 Å². The zero-order valence-corrected chi connectivity index (χ0v) is 4.64. The Kier molecular flexibility index (Phi) is 4.01. The minimum absolute atomic E-state index is 0.00347. The van der Waals surface area contributed by atoms with Gasteiger partial charge in [-0.05, 0) is 0 Å². The number of hydrogen-bond donors (Lipinski definition) is 0. The molecule has 0 saturated heterocycles. The van der Waals surface area contributed by atoms with Gasteiger partial charge in [0.1, 0.15) is 6.17 Å². The lowest BCUT2D eigenvalue weighted by Crippen LogP contribution is -2.01. The van der Waals surface area contributed by atoms with Gasteiger partial charge in [0.2, 0.25) is 0 Å². The fraction of sp³-hybridized carbons (Fsp3) is 1.00. The first kappa shape index (κ1) is 6.51. The van der Waals surface area contributed by atoms with Crippen molar-refractivity contribution in [1.82, 2.24) is 0 Å². The van der Waals surface area contributed by atoms with Crippen molar-refractivity contribution >= 4 is 23.2 Å². The Morgan fingerprint density at radius 2 is 1.67 bits per heavy atom. The minimum atomic E-state index is -1.03. The molecular formula is C3H5Cl2F. The summed E-state index contributed by atoms with van der Waals surface area (Å²) < 4.78 is 11.6. The van der Waals surface area contributed by atoms with E-state index in [-0.39, 0.29) is 11.8 Å². The van der Waals surface area contributed by atoms with Crippen molar-refractivity contribution in [2.75, 3.05) is 11.8 Å². The lowest BCUT2D eigenvalue weighted by atomic mass is 10.5. The Morgan fingerprint density at radius 1 is 1.33 bits per heavy atom. The standard InChI is InChI=1S/C3H5Cl2F/c4-1-3(6)2-5/h3H,1-2H2. The van der Waals surface area contributed by atoms with Crippen LogP contribution in [0.4, 0.5) is 4.39 Å². The molecule has 0 amide bonds. The molecule has 38 valence electrons. The molecule has 0 bridgehead atoms. The van der Waals surface area contributed by atoms with Crippen molar-refractivity contribution in [3.05, 3.63) is 0 Å². The maximum Gasteiger partial charge on any atom is 0.127 e. The zero-order valence-electron chi connectivity index (χ0n) is 3.13. The summed E-state index contributed by atoms with van der Waals surface area (Å²) in [7, 11) is 0. The molecule has 6 heavy (non-hydrogen) atoms. The zero-order chi connectivity index (χ0) is 4.99. The summed E-state index contributed by atoms with van der Waals surface area (Å²) in [6.07, 6.45) is -1.03. The first-order valence-corrected chi connectivity index (χ1v) is 2.64. The molecule has 0 aromatic carbocycles. The monoisotopic (exact) mass is 130 g/mol. The number of hydrogen-bond acceptors (Lipinski definition) is 0. The van der Waals surface area contributed by atoms with E-state index in [1.165, 1.54) is 0 Å². The van der Waals surface area contributed by atoms with Crippen LogP contribution in [0.25, 0.3) is 0 Å². The SMILES string of the molecule is FC(CCl)CCl. The van der Waals surface area contributed by atoms with Crippen LogP contribution in [0.15, 0.2) is 0 Å². The third-order valence-corrected chi connectivity index (χ3v) is 1.00. The molecular weight excluding hydrogens is 126 g/mol. The third kappa shape index (κ3) is 2.73. The van der Waals surface area contributed by atoms with Crippen LogP contribution in [-0.4, -0.2) is 17.9 Å². The van der Waals surface area contributed by atoms with Gasteiger partial charge in [-0.15, -0.1) is 23.2 Å². The van der Waals surface area contributed by atoms with Crippen molar-refractivity contribution < 1.29 is 4.39 Å². The predicted molar refractivity (Wildman–Crippen MR) is 26.3 cm³/mol. The maximum atomic E-state index is 11.6. The second kappa shape index (κ2) is 3.69. The molecule has 0 aliphatic carbocycles. The molecule has 0 heterocycles. The molecule has 0 saturated carbocycles. The second-order valence-electron chi connectivity index (χ2n) is 0.906. The molecule has 0 aliphatic rings. The fourth-order valence-electron chi connectivity index (χ4n) is 0.0412. The topological polar surface area (TPSA) is 0 Å². The normalized spacial score (nSPS) is 10.0. The summed E-state index contributed by atoms with van der Waals surface area (Å²) >= 11 is 9.99. The molecule has 0 aromatic rings. The second-order valence-corrected chi connectivity index (χ2v) is 1.52. The molecule has 0 spiro atoms. The van der Waals surface area contributed by atoms with Crippen LogP contribution in [0, 0.1) is 0 Å². The number of rotatable bonds is 2. The van der Waals surface area contributed by atoms with Crippen LogP contribution >= 0.6 is 23.2 Å². The van der Waals surface area contributed by atoms with E-state index in [4.69, 9.17) is 23.2 Å². The maximum absolute atomic E-state index is 11.6. The molecule has 0 atom stereocenters. The van der Waals surface area contributed by atoms with Crippen LogP contribution in [-0.2, 0) is 0 Å². The molecule has 0 radical (unpaired) electrons. The number of halogens is 3. The van der Waals surface area contributed by atoms with Crippen molar-refractivity contribution in [3.8, 4) is 0 Å². The van der Waals surface area contributed by atoms with Crippen LogP contribution in [0.1, 0.15) is 0 Å². The minimum Gasteiger partial charge on any atom is -0.245 e. The predicted octanol–water partition coefficient (Wildman–Crippen LogP) is 1.80. The summed E-state index contributed by atoms with van der Waals surface area (Å²) in [5.41, 5.74) is 0. The van der Waals surface area contributed by atoms with Crippen LogP contribution in [0.3, 0.4) is 0 Å². The Morgan fingerprint density at radius 3 is 1.67 bits per heavy atom. The quantitative estimate of drug-likeness (QED) is 0.501. The van der Waals surface area contributed by atoms with E-state index >= 15 is 0 Å². The molecule has 0 aromatic heterocycles. The average Bonchev–Trinajstić information content (AvgIpc) is 1.65. The van der Waals surface area contributed by atoms with Gasteiger partial charge in [0, 0.05) is 0 Å². The van der Waals surface area contributed by atoms with Crippen LogP contribution in [0.5, 0.6) is 0 Å². The van der Waals surface area contributed by atoms with E-state index in [1.54, 1.807) is 0 Å². The summed E-state index contributed by atoms with van der Waals surface area (Å²) in [5, 5.41) is 0. The highest BCUT2D eigenvalue weighted by atomic mass is 35.5. The average molecular weight is 131 g/mol. The molecule has 0 fully saturated rings. The van der Waals surface area contributed by atoms with Crippen LogP contribution < -0.4 is 0 Å². The highest BCUT2D eigenvalue weighted by Crippen LogP contribution is 1.94. The van der Waals surface area contributed by atoms with E-state index in [1.807, 2.05) is 0 Å². The lowest BCUT2D eigenvalue weighted by molar-refractivity contribution is 0.400. The number of alkyl halides is 3. The van der Waals surface area contributed by atoms with Crippen LogP contribution in [0.2, 0.25) is 0 Å². The van der Waals surface area contributed by atoms with Crippen molar-refractivity contribution in [3.63, 3.8) is 0 Å². The molecule has 0 nitrogen and oxygen atoms in total. The molecule has 0 aliphatic heterocycles.